The number of hydrogen-bond acceptors (Lipinski definition) is 2. The lowest BCUT2D eigenvalue weighted by Gasteiger charge is -2.17. The summed E-state index contributed by atoms with van der Waals surface area (Å²) in [7, 11) is 1.68. The highest BCUT2D eigenvalue weighted by molar-refractivity contribution is 5.42. The van der Waals surface area contributed by atoms with Gasteiger partial charge in [-0.2, -0.15) is 0 Å². The van der Waals surface area contributed by atoms with Gasteiger partial charge in [0, 0.05) is 5.56 Å². The Morgan fingerprint density at radius 3 is 2.50 bits per heavy atom. The van der Waals surface area contributed by atoms with Gasteiger partial charge in [-0.1, -0.05) is 56.3 Å². The van der Waals surface area contributed by atoms with E-state index in [-0.39, 0.29) is 6.04 Å². The van der Waals surface area contributed by atoms with E-state index >= 15 is 0 Å². The number of benzene rings is 2. The van der Waals surface area contributed by atoms with Crippen LogP contribution in [-0.4, -0.2) is 7.11 Å². The van der Waals surface area contributed by atoms with Gasteiger partial charge in [0.05, 0.1) is 13.2 Å². The lowest BCUT2D eigenvalue weighted by molar-refractivity contribution is 0.408. The smallest absolute Gasteiger partial charge is 0.123 e. The summed E-state index contributed by atoms with van der Waals surface area (Å²) < 4.78 is 5.40. The number of para-hydroxylation sites is 1. The van der Waals surface area contributed by atoms with Crippen LogP contribution in [-0.2, 0) is 6.42 Å². The van der Waals surface area contributed by atoms with Crippen molar-refractivity contribution in [2.45, 2.75) is 26.3 Å². The second-order valence-corrected chi connectivity index (χ2v) is 5.56. The molecule has 0 heterocycles. The van der Waals surface area contributed by atoms with Crippen molar-refractivity contribution in [2.24, 2.45) is 11.7 Å². The average Bonchev–Trinajstić information content (AvgIpc) is 2.46. The first-order chi connectivity index (χ1) is 9.61. The molecule has 0 aliphatic carbocycles. The Kier molecular flexibility index (Phi) is 4.80. The molecule has 2 N–H and O–H groups in total. The number of rotatable bonds is 5. The summed E-state index contributed by atoms with van der Waals surface area (Å²) >= 11 is 0. The molecule has 0 amide bonds. The first kappa shape index (κ1) is 14.6. The molecule has 0 spiro atoms. The first-order valence-corrected chi connectivity index (χ1v) is 7.09. The molecule has 0 aliphatic heterocycles. The first-order valence-electron chi connectivity index (χ1n) is 7.09. The SMILES string of the molecule is COc1ccccc1C(N)c1cccc(CC(C)C)c1. The molecule has 2 rings (SSSR count). The highest BCUT2D eigenvalue weighted by Crippen LogP contribution is 2.28. The molecule has 0 saturated heterocycles. The quantitative estimate of drug-likeness (QED) is 0.892. The monoisotopic (exact) mass is 269 g/mol. The maximum absolute atomic E-state index is 6.41. The maximum Gasteiger partial charge on any atom is 0.123 e. The van der Waals surface area contributed by atoms with Crippen LogP contribution in [0.15, 0.2) is 48.5 Å². The number of hydrogen-bond donors (Lipinski definition) is 1. The second kappa shape index (κ2) is 6.58. The van der Waals surface area contributed by atoms with Crippen molar-refractivity contribution in [1.29, 1.82) is 0 Å². The van der Waals surface area contributed by atoms with Crippen molar-refractivity contribution < 1.29 is 4.74 Å². The number of ether oxygens (including phenoxy) is 1. The highest BCUT2D eigenvalue weighted by atomic mass is 16.5. The minimum Gasteiger partial charge on any atom is -0.496 e. The van der Waals surface area contributed by atoms with Gasteiger partial charge in [0.1, 0.15) is 5.75 Å². The number of nitrogens with two attached hydrogens (primary N) is 1. The molecular weight excluding hydrogens is 246 g/mol. The van der Waals surface area contributed by atoms with Crippen LogP contribution in [0.25, 0.3) is 0 Å². The van der Waals surface area contributed by atoms with Gasteiger partial charge >= 0.3 is 0 Å². The van der Waals surface area contributed by atoms with Crippen LogP contribution >= 0.6 is 0 Å². The van der Waals surface area contributed by atoms with Crippen molar-refractivity contribution in [3.63, 3.8) is 0 Å². The Morgan fingerprint density at radius 1 is 1.05 bits per heavy atom. The van der Waals surface area contributed by atoms with E-state index in [0.29, 0.717) is 5.92 Å². The van der Waals surface area contributed by atoms with E-state index in [4.69, 9.17) is 10.5 Å². The zero-order valence-electron chi connectivity index (χ0n) is 12.5. The molecule has 2 aromatic rings. The summed E-state index contributed by atoms with van der Waals surface area (Å²) in [6.07, 6.45) is 1.08. The maximum atomic E-state index is 6.41. The lowest BCUT2D eigenvalue weighted by atomic mass is 9.95. The topological polar surface area (TPSA) is 35.2 Å². The van der Waals surface area contributed by atoms with E-state index in [0.717, 1.165) is 23.3 Å². The van der Waals surface area contributed by atoms with Crippen molar-refractivity contribution in [3.8, 4) is 5.75 Å². The lowest BCUT2D eigenvalue weighted by Crippen LogP contribution is -2.13. The van der Waals surface area contributed by atoms with Crippen LogP contribution in [0.3, 0.4) is 0 Å². The summed E-state index contributed by atoms with van der Waals surface area (Å²) in [6, 6.07) is 16.3. The van der Waals surface area contributed by atoms with Crippen molar-refractivity contribution in [2.75, 3.05) is 7.11 Å². The van der Waals surface area contributed by atoms with Gasteiger partial charge in [-0.3, -0.25) is 0 Å². The van der Waals surface area contributed by atoms with E-state index in [2.05, 4.69) is 38.1 Å². The minimum absolute atomic E-state index is 0.154. The zero-order valence-corrected chi connectivity index (χ0v) is 12.5. The summed E-state index contributed by atoms with van der Waals surface area (Å²) in [5, 5.41) is 0. The summed E-state index contributed by atoms with van der Waals surface area (Å²) in [6.45, 7) is 4.46. The Bertz CT molecular complexity index is 563. The summed E-state index contributed by atoms with van der Waals surface area (Å²) in [5.74, 6) is 1.49. The molecule has 0 aromatic heterocycles. The molecule has 2 heteroatoms. The van der Waals surface area contributed by atoms with E-state index in [1.54, 1.807) is 7.11 Å². The molecule has 0 aliphatic rings. The molecule has 2 nitrogen and oxygen atoms in total. The van der Waals surface area contributed by atoms with Gasteiger partial charge in [-0.25, -0.2) is 0 Å². The fourth-order valence-corrected chi connectivity index (χ4v) is 2.49. The van der Waals surface area contributed by atoms with Crippen LogP contribution in [0, 0.1) is 5.92 Å². The molecule has 1 unspecified atom stereocenters. The van der Waals surface area contributed by atoms with E-state index < -0.39 is 0 Å². The highest BCUT2D eigenvalue weighted by Gasteiger charge is 2.13. The van der Waals surface area contributed by atoms with Gasteiger partial charge < -0.3 is 10.5 Å². The number of methoxy groups -OCH3 is 1. The predicted molar refractivity (Wildman–Crippen MR) is 84.0 cm³/mol. The van der Waals surface area contributed by atoms with Gasteiger partial charge in [0.15, 0.2) is 0 Å². The Morgan fingerprint density at radius 2 is 1.80 bits per heavy atom. The zero-order chi connectivity index (χ0) is 14.5. The normalized spacial score (nSPS) is 12.4. The van der Waals surface area contributed by atoms with Gasteiger partial charge in [0.2, 0.25) is 0 Å². The summed E-state index contributed by atoms with van der Waals surface area (Å²) in [5.41, 5.74) is 9.91. The average molecular weight is 269 g/mol. The fourth-order valence-electron chi connectivity index (χ4n) is 2.49. The summed E-state index contributed by atoms with van der Waals surface area (Å²) in [4.78, 5) is 0. The Labute approximate surface area is 121 Å². The Balaban J connectivity index is 2.30. The minimum atomic E-state index is -0.154. The van der Waals surface area contributed by atoms with E-state index in [9.17, 15) is 0 Å². The van der Waals surface area contributed by atoms with E-state index in [1.165, 1.54) is 5.56 Å². The molecule has 0 fully saturated rings. The van der Waals surface area contributed by atoms with Gasteiger partial charge in [0.25, 0.3) is 0 Å². The largest absolute Gasteiger partial charge is 0.496 e. The molecule has 2 aromatic carbocycles. The van der Waals surface area contributed by atoms with Crippen molar-refractivity contribution in [3.05, 3.63) is 65.2 Å². The molecule has 0 saturated carbocycles. The van der Waals surface area contributed by atoms with Crippen molar-refractivity contribution in [1.82, 2.24) is 0 Å². The van der Waals surface area contributed by atoms with Gasteiger partial charge in [-0.05, 0) is 29.5 Å². The van der Waals surface area contributed by atoms with Crippen LogP contribution in [0.2, 0.25) is 0 Å². The third-order valence-electron chi connectivity index (χ3n) is 3.43. The third-order valence-corrected chi connectivity index (χ3v) is 3.43. The Hall–Kier alpha value is -1.80. The molecule has 0 bridgehead atoms. The van der Waals surface area contributed by atoms with Crippen LogP contribution < -0.4 is 10.5 Å². The van der Waals surface area contributed by atoms with Gasteiger partial charge in [-0.15, -0.1) is 0 Å². The van der Waals surface area contributed by atoms with Crippen molar-refractivity contribution >= 4 is 0 Å². The second-order valence-electron chi connectivity index (χ2n) is 5.56. The molecule has 0 radical (unpaired) electrons. The molecule has 20 heavy (non-hydrogen) atoms. The van der Waals surface area contributed by atoms with Crippen LogP contribution in [0.4, 0.5) is 0 Å². The standard InChI is InChI=1S/C18H23NO/c1-13(2)11-14-7-6-8-15(12-14)18(19)16-9-4-5-10-17(16)20-3/h4-10,12-13,18H,11,19H2,1-3H3. The van der Waals surface area contributed by atoms with Crippen LogP contribution in [0.5, 0.6) is 5.75 Å². The molecule has 106 valence electrons. The molecule has 1 atom stereocenters. The fraction of sp³-hybridized carbons (Fsp3) is 0.333. The molecular formula is C18H23NO. The van der Waals surface area contributed by atoms with E-state index in [1.807, 2.05) is 24.3 Å². The van der Waals surface area contributed by atoms with Crippen LogP contribution in [0.1, 0.15) is 36.6 Å². The predicted octanol–water partition coefficient (Wildman–Crippen LogP) is 3.94. The third kappa shape index (κ3) is 3.40.